The maximum absolute atomic E-state index is 3.50. The van der Waals surface area contributed by atoms with Gasteiger partial charge in [-0.05, 0) is 25.7 Å². The molecule has 1 aliphatic rings. The van der Waals surface area contributed by atoms with E-state index in [1.807, 2.05) is 0 Å². The fourth-order valence-corrected chi connectivity index (χ4v) is 2.24. The SMILES string of the molecule is c1ccc([NH+]=c2c3c2CCCC3)cc1. The van der Waals surface area contributed by atoms with E-state index in [4.69, 9.17) is 0 Å². The Labute approximate surface area is 83.8 Å². The minimum Gasteiger partial charge on any atom is -0.205 e. The molecule has 1 aliphatic carbocycles. The molecule has 1 N–H and O–H groups in total. The molecule has 0 saturated carbocycles. The zero-order valence-corrected chi connectivity index (χ0v) is 8.22. The first kappa shape index (κ1) is 7.98. The van der Waals surface area contributed by atoms with Crippen LogP contribution in [-0.2, 0) is 12.8 Å². The van der Waals surface area contributed by atoms with Crippen molar-refractivity contribution in [1.82, 2.24) is 0 Å². The summed E-state index contributed by atoms with van der Waals surface area (Å²) in [7, 11) is 0. The normalized spacial score (nSPS) is 15.4. The van der Waals surface area contributed by atoms with Gasteiger partial charge in [-0.2, -0.15) is 0 Å². The topological polar surface area (TPSA) is 14.0 Å². The molecule has 0 aliphatic heterocycles. The molecule has 2 aromatic rings. The molecule has 0 unspecified atom stereocenters. The second-order valence-electron chi connectivity index (χ2n) is 4.03. The number of para-hydroxylation sites is 1. The molecule has 3 rings (SSSR count). The van der Waals surface area contributed by atoms with Gasteiger partial charge in [-0.15, -0.1) is 0 Å². The monoisotopic (exact) mass is 184 g/mol. The van der Waals surface area contributed by atoms with Gasteiger partial charge in [0.1, 0.15) is 0 Å². The summed E-state index contributed by atoms with van der Waals surface area (Å²) in [6.45, 7) is 0. The minimum atomic E-state index is 1.22. The molecule has 0 bridgehead atoms. The standard InChI is InChI=1S/C13H13N/c1-2-6-10(7-3-1)14-13-11-8-4-5-9-12(11)13/h1-3,6-7H,4-5,8-9H2/p+1. The Hall–Kier alpha value is -1.37. The maximum Gasteiger partial charge on any atom is 0.211 e. The van der Waals surface area contributed by atoms with E-state index in [0.29, 0.717) is 0 Å². The van der Waals surface area contributed by atoms with E-state index in [-0.39, 0.29) is 0 Å². The van der Waals surface area contributed by atoms with E-state index in [2.05, 4.69) is 35.3 Å². The fourth-order valence-electron chi connectivity index (χ4n) is 2.24. The molecule has 70 valence electrons. The highest BCUT2D eigenvalue weighted by Gasteiger charge is 2.27. The van der Waals surface area contributed by atoms with Crippen molar-refractivity contribution in [2.75, 3.05) is 0 Å². The molecule has 0 fully saturated rings. The van der Waals surface area contributed by atoms with Crippen LogP contribution in [0.4, 0.5) is 5.69 Å². The van der Waals surface area contributed by atoms with Crippen LogP contribution in [0.2, 0.25) is 0 Å². The third-order valence-corrected chi connectivity index (χ3v) is 3.05. The van der Waals surface area contributed by atoms with E-state index in [1.54, 1.807) is 11.1 Å². The van der Waals surface area contributed by atoms with Crippen molar-refractivity contribution in [1.29, 1.82) is 0 Å². The summed E-state index contributed by atoms with van der Waals surface area (Å²) in [5.74, 6) is 0. The largest absolute Gasteiger partial charge is 0.211 e. The molecule has 0 radical (unpaired) electrons. The van der Waals surface area contributed by atoms with Crippen molar-refractivity contribution < 1.29 is 4.99 Å². The Kier molecular flexibility index (Phi) is 1.76. The van der Waals surface area contributed by atoms with Crippen LogP contribution in [0.5, 0.6) is 0 Å². The molecular weight excluding hydrogens is 170 g/mol. The van der Waals surface area contributed by atoms with Crippen LogP contribution in [0.3, 0.4) is 0 Å². The minimum absolute atomic E-state index is 1.22. The van der Waals surface area contributed by atoms with E-state index >= 15 is 0 Å². The van der Waals surface area contributed by atoms with Crippen molar-refractivity contribution >= 4 is 5.69 Å². The van der Waals surface area contributed by atoms with Crippen LogP contribution in [0.15, 0.2) is 30.3 Å². The first-order valence-electron chi connectivity index (χ1n) is 5.37. The van der Waals surface area contributed by atoms with Crippen LogP contribution in [0.25, 0.3) is 0 Å². The molecule has 0 aromatic heterocycles. The second kappa shape index (κ2) is 3.09. The zero-order chi connectivity index (χ0) is 9.38. The van der Waals surface area contributed by atoms with Gasteiger partial charge in [0.15, 0.2) is 0 Å². The smallest absolute Gasteiger partial charge is 0.205 e. The molecule has 0 amide bonds. The third-order valence-electron chi connectivity index (χ3n) is 3.05. The van der Waals surface area contributed by atoms with Gasteiger partial charge in [-0.25, -0.2) is 4.99 Å². The van der Waals surface area contributed by atoms with Crippen molar-refractivity contribution in [2.45, 2.75) is 25.7 Å². The zero-order valence-electron chi connectivity index (χ0n) is 8.22. The average molecular weight is 184 g/mol. The Balaban J connectivity index is 1.96. The van der Waals surface area contributed by atoms with Crippen molar-refractivity contribution in [2.24, 2.45) is 0 Å². The summed E-state index contributed by atoms with van der Waals surface area (Å²) >= 11 is 0. The lowest BCUT2D eigenvalue weighted by molar-refractivity contribution is -0.399. The highest BCUT2D eigenvalue weighted by molar-refractivity contribution is 5.39. The Morgan fingerprint density at radius 2 is 1.50 bits per heavy atom. The summed E-state index contributed by atoms with van der Waals surface area (Å²) in [5.41, 5.74) is 4.44. The van der Waals surface area contributed by atoms with Crippen LogP contribution in [-0.4, -0.2) is 0 Å². The van der Waals surface area contributed by atoms with Gasteiger partial charge >= 0.3 is 0 Å². The average Bonchev–Trinajstić information content (AvgIpc) is 2.94. The van der Waals surface area contributed by atoms with Gasteiger partial charge in [0.05, 0.1) is 0 Å². The number of fused-ring (bicyclic) bond motifs is 1. The number of hydrogen-bond acceptors (Lipinski definition) is 0. The molecule has 14 heavy (non-hydrogen) atoms. The van der Waals surface area contributed by atoms with Gasteiger partial charge < -0.3 is 0 Å². The Bertz CT molecular complexity index is 437. The number of hydrogen-bond donors (Lipinski definition) is 1. The van der Waals surface area contributed by atoms with Gasteiger partial charge in [-0.1, -0.05) is 18.2 Å². The van der Waals surface area contributed by atoms with Gasteiger partial charge in [0.2, 0.25) is 11.0 Å². The fraction of sp³-hybridized carbons (Fsp3) is 0.308. The van der Waals surface area contributed by atoms with Gasteiger partial charge in [0, 0.05) is 23.3 Å². The quantitative estimate of drug-likeness (QED) is 0.672. The molecule has 1 heteroatoms. The highest BCUT2D eigenvalue weighted by Crippen LogP contribution is 2.20. The molecular formula is C13H14N+. The summed E-state index contributed by atoms with van der Waals surface area (Å²) in [4.78, 5) is 3.50. The molecule has 0 atom stereocenters. The lowest BCUT2D eigenvalue weighted by Gasteiger charge is -1.96. The lowest BCUT2D eigenvalue weighted by atomic mass is 10.1. The van der Waals surface area contributed by atoms with Crippen LogP contribution in [0.1, 0.15) is 24.0 Å². The summed E-state index contributed by atoms with van der Waals surface area (Å²) < 4.78 is 0. The number of rotatable bonds is 1. The predicted octanol–water partition coefficient (Wildman–Crippen LogP) is 0.754. The van der Waals surface area contributed by atoms with E-state index in [9.17, 15) is 0 Å². The van der Waals surface area contributed by atoms with Gasteiger partial charge in [0.25, 0.3) is 0 Å². The maximum atomic E-state index is 3.50. The molecule has 1 nitrogen and oxygen atoms in total. The van der Waals surface area contributed by atoms with Gasteiger partial charge in [-0.3, -0.25) is 0 Å². The van der Waals surface area contributed by atoms with E-state index in [1.165, 1.54) is 36.7 Å². The van der Waals surface area contributed by atoms with E-state index in [0.717, 1.165) is 0 Å². The molecule has 0 spiro atoms. The lowest BCUT2D eigenvalue weighted by Crippen LogP contribution is -2.68. The van der Waals surface area contributed by atoms with Crippen molar-refractivity contribution in [3.05, 3.63) is 46.8 Å². The summed E-state index contributed by atoms with van der Waals surface area (Å²) in [5, 5.41) is 1.44. The summed E-state index contributed by atoms with van der Waals surface area (Å²) in [6, 6.07) is 10.4. The first-order valence-corrected chi connectivity index (χ1v) is 5.37. The van der Waals surface area contributed by atoms with E-state index < -0.39 is 0 Å². The Morgan fingerprint density at radius 1 is 0.857 bits per heavy atom. The third kappa shape index (κ3) is 1.29. The van der Waals surface area contributed by atoms with Crippen LogP contribution in [0, 0.1) is 0 Å². The second-order valence-corrected chi connectivity index (χ2v) is 4.03. The summed E-state index contributed by atoms with van der Waals surface area (Å²) in [6.07, 6.45) is 5.34. The number of nitrogens with one attached hydrogen (secondary N) is 1. The molecule has 0 heterocycles. The van der Waals surface area contributed by atoms with Crippen LogP contribution < -0.4 is 10.3 Å². The van der Waals surface area contributed by atoms with Crippen LogP contribution >= 0.6 is 0 Å². The number of benzene rings is 1. The Morgan fingerprint density at radius 3 is 2.14 bits per heavy atom. The highest BCUT2D eigenvalue weighted by atomic mass is 14.7. The predicted molar refractivity (Wildman–Crippen MR) is 55.7 cm³/mol. The first-order chi connectivity index (χ1) is 6.95. The molecule has 0 saturated heterocycles. The van der Waals surface area contributed by atoms with Crippen molar-refractivity contribution in [3.63, 3.8) is 0 Å². The van der Waals surface area contributed by atoms with Crippen molar-refractivity contribution in [3.8, 4) is 0 Å². The molecule has 2 aromatic carbocycles.